The minimum atomic E-state index is -0.298. The lowest BCUT2D eigenvalue weighted by molar-refractivity contribution is -0.144. The van der Waals surface area contributed by atoms with Crippen LogP contribution in [-0.4, -0.2) is 49.6 Å². The van der Waals surface area contributed by atoms with E-state index in [1.165, 1.54) is 7.11 Å². The van der Waals surface area contributed by atoms with Crippen molar-refractivity contribution in [1.29, 1.82) is 0 Å². The molecule has 1 amide bonds. The summed E-state index contributed by atoms with van der Waals surface area (Å²) < 4.78 is 4.75. The first-order valence-electron chi connectivity index (χ1n) is 7.06. The van der Waals surface area contributed by atoms with Gasteiger partial charge in [0.1, 0.15) is 6.04 Å². The molecule has 1 N–H and O–H groups in total. The molecule has 0 saturated carbocycles. The number of hydrogen-bond acceptors (Lipinski definition) is 4. The summed E-state index contributed by atoms with van der Waals surface area (Å²) in [5, 5.41) is 3.15. The van der Waals surface area contributed by atoms with Crippen LogP contribution in [0.1, 0.15) is 40.5 Å². The molecule has 0 spiro atoms. The van der Waals surface area contributed by atoms with Gasteiger partial charge in [-0.2, -0.15) is 0 Å². The largest absolute Gasteiger partial charge is 0.468 e. The Kier molecular flexibility index (Phi) is 9.21. The fourth-order valence-corrected chi connectivity index (χ4v) is 1.95. The van der Waals surface area contributed by atoms with Crippen molar-refractivity contribution < 1.29 is 14.3 Å². The molecule has 0 fully saturated rings. The molecule has 0 rings (SSSR count). The van der Waals surface area contributed by atoms with Crippen LogP contribution in [0.15, 0.2) is 0 Å². The van der Waals surface area contributed by atoms with Crippen molar-refractivity contribution in [3.05, 3.63) is 0 Å². The second-order valence-corrected chi connectivity index (χ2v) is 4.87. The number of carbonyl (C=O) groups excluding carboxylic acids is 2. The number of methoxy groups -OCH3 is 1. The molecule has 0 radical (unpaired) electrons. The minimum absolute atomic E-state index is 0.172. The topological polar surface area (TPSA) is 58.6 Å². The first-order chi connectivity index (χ1) is 8.97. The Morgan fingerprint density at radius 1 is 1.21 bits per heavy atom. The Hall–Kier alpha value is -1.10. The molecule has 19 heavy (non-hydrogen) atoms. The average Bonchev–Trinajstić information content (AvgIpc) is 2.38. The molecular weight excluding hydrogens is 244 g/mol. The highest BCUT2D eigenvalue weighted by atomic mass is 16.5. The smallest absolute Gasteiger partial charge is 0.323 e. The van der Waals surface area contributed by atoms with Gasteiger partial charge in [0, 0.05) is 19.5 Å². The number of rotatable bonds is 9. The van der Waals surface area contributed by atoms with Crippen LogP contribution < -0.4 is 5.32 Å². The number of amides is 1. The Balaban J connectivity index is 4.01. The number of nitrogens with one attached hydrogen (secondary N) is 1. The van der Waals surface area contributed by atoms with E-state index >= 15 is 0 Å². The van der Waals surface area contributed by atoms with Gasteiger partial charge in [-0.3, -0.25) is 9.59 Å². The molecule has 0 aromatic rings. The van der Waals surface area contributed by atoms with Gasteiger partial charge in [0.25, 0.3) is 0 Å². The summed E-state index contributed by atoms with van der Waals surface area (Å²) in [6, 6.07) is -0.298. The van der Waals surface area contributed by atoms with Gasteiger partial charge in [0.05, 0.1) is 7.11 Å². The molecule has 0 aliphatic heterocycles. The van der Waals surface area contributed by atoms with Gasteiger partial charge in [0.15, 0.2) is 0 Å². The van der Waals surface area contributed by atoms with Crippen LogP contribution in [0.25, 0.3) is 0 Å². The monoisotopic (exact) mass is 272 g/mol. The SMILES string of the molecule is CCN(CC)C(=O)CCCNC(C(=O)OC)C(C)C. The van der Waals surface area contributed by atoms with Gasteiger partial charge in [-0.1, -0.05) is 13.8 Å². The molecule has 0 aliphatic rings. The van der Waals surface area contributed by atoms with E-state index in [1.54, 1.807) is 0 Å². The molecule has 5 heteroatoms. The molecule has 0 heterocycles. The minimum Gasteiger partial charge on any atom is -0.468 e. The summed E-state index contributed by atoms with van der Waals surface area (Å²) in [6.07, 6.45) is 1.25. The quantitative estimate of drug-likeness (QED) is 0.509. The Morgan fingerprint density at radius 2 is 1.79 bits per heavy atom. The van der Waals surface area contributed by atoms with Crippen molar-refractivity contribution in [2.75, 3.05) is 26.7 Å². The van der Waals surface area contributed by atoms with E-state index in [1.807, 2.05) is 32.6 Å². The second-order valence-electron chi connectivity index (χ2n) is 4.87. The average molecular weight is 272 g/mol. The molecule has 5 nitrogen and oxygen atoms in total. The van der Waals surface area contributed by atoms with E-state index in [0.717, 1.165) is 19.5 Å². The summed E-state index contributed by atoms with van der Waals surface area (Å²) in [7, 11) is 1.39. The summed E-state index contributed by atoms with van der Waals surface area (Å²) in [5.74, 6) is 0.0990. The van der Waals surface area contributed by atoms with Gasteiger partial charge in [-0.15, -0.1) is 0 Å². The standard InChI is InChI=1S/C14H28N2O3/c1-6-16(7-2)12(17)9-8-10-15-13(11(3)4)14(18)19-5/h11,13,15H,6-10H2,1-5H3. The maximum absolute atomic E-state index is 11.8. The van der Waals surface area contributed by atoms with E-state index in [0.29, 0.717) is 13.0 Å². The number of carbonyl (C=O) groups is 2. The van der Waals surface area contributed by atoms with Crippen LogP contribution in [0.5, 0.6) is 0 Å². The van der Waals surface area contributed by atoms with E-state index in [9.17, 15) is 9.59 Å². The normalized spacial score (nSPS) is 12.3. The predicted octanol–water partition coefficient (Wildman–Crippen LogP) is 1.42. The van der Waals surface area contributed by atoms with Crippen LogP contribution in [0.3, 0.4) is 0 Å². The molecular formula is C14H28N2O3. The zero-order valence-corrected chi connectivity index (χ0v) is 12.9. The third kappa shape index (κ3) is 6.57. The van der Waals surface area contributed by atoms with Crippen LogP contribution in [0, 0.1) is 5.92 Å². The zero-order valence-electron chi connectivity index (χ0n) is 12.9. The van der Waals surface area contributed by atoms with Gasteiger partial charge < -0.3 is 15.0 Å². The van der Waals surface area contributed by atoms with Crippen LogP contribution in [0.4, 0.5) is 0 Å². The maximum Gasteiger partial charge on any atom is 0.323 e. The summed E-state index contributed by atoms with van der Waals surface area (Å²) in [5.41, 5.74) is 0. The highest BCUT2D eigenvalue weighted by Gasteiger charge is 2.21. The molecule has 0 bridgehead atoms. The molecule has 0 aromatic heterocycles. The molecule has 1 atom stereocenters. The molecule has 0 saturated heterocycles. The van der Waals surface area contributed by atoms with Crippen molar-refractivity contribution in [2.24, 2.45) is 5.92 Å². The van der Waals surface area contributed by atoms with Crippen molar-refractivity contribution in [2.45, 2.75) is 46.6 Å². The lowest BCUT2D eigenvalue weighted by Crippen LogP contribution is -2.42. The fraction of sp³-hybridized carbons (Fsp3) is 0.857. The fourth-order valence-electron chi connectivity index (χ4n) is 1.95. The highest BCUT2D eigenvalue weighted by Crippen LogP contribution is 2.04. The molecule has 0 aromatic carbocycles. The Labute approximate surface area is 116 Å². The number of hydrogen-bond donors (Lipinski definition) is 1. The first-order valence-corrected chi connectivity index (χ1v) is 7.06. The van der Waals surface area contributed by atoms with E-state index in [-0.39, 0.29) is 23.8 Å². The van der Waals surface area contributed by atoms with E-state index in [2.05, 4.69) is 5.32 Å². The van der Waals surface area contributed by atoms with Gasteiger partial charge >= 0.3 is 5.97 Å². The van der Waals surface area contributed by atoms with Gasteiger partial charge in [-0.05, 0) is 32.7 Å². The highest BCUT2D eigenvalue weighted by molar-refractivity contribution is 5.76. The van der Waals surface area contributed by atoms with E-state index < -0.39 is 0 Å². The molecule has 0 aliphatic carbocycles. The summed E-state index contributed by atoms with van der Waals surface area (Å²) >= 11 is 0. The Bertz CT molecular complexity index is 276. The van der Waals surface area contributed by atoms with Crippen molar-refractivity contribution in [3.63, 3.8) is 0 Å². The predicted molar refractivity (Wildman–Crippen MR) is 75.8 cm³/mol. The number of ether oxygens (including phenoxy) is 1. The number of nitrogens with zero attached hydrogens (tertiary/aromatic N) is 1. The van der Waals surface area contributed by atoms with Crippen LogP contribution >= 0.6 is 0 Å². The Morgan fingerprint density at radius 3 is 2.21 bits per heavy atom. The third-order valence-corrected chi connectivity index (χ3v) is 3.17. The lowest BCUT2D eigenvalue weighted by atomic mass is 10.0. The van der Waals surface area contributed by atoms with Crippen LogP contribution in [0.2, 0.25) is 0 Å². The third-order valence-electron chi connectivity index (χ3n) is 3.17. The van der Waals surface area contributed by atoms with Gasteiger partial charge in [-0.25, -0.2) is 0 Å². The summed E-state index contributed by atoms with van der Waals surface area (Å²) in [4.78, 5) is 25.1. The summed E-state index contributed by atoms with van der Waals surface area (Å²) in [6.45, 7) is 10.0. The van der Waals surface area contributed by atoms with Crippen LogP contribution in [-0.2, 0) is 14.3 Å². The lowest BCUT2D eigenvalue weighted by Gasteiger charge is -2.21. The van der Waals surface area contributed by atoms with Gasteiger partial charge in [0.2, 0.25) is 5.91 Å². The molecule has 112 valence electrons. The second kappa shape index (κ2) is 9.78. The van der Waals surface area contributed by atoms with Crippen molar-refractivity contribution >= 4 is 11.9 Å². The first kappa shape index (κ1) is 17.9. The zero-order chi connectivity index (χ0) is 14.8. The van der Waals surface area contributed by atoms with Crippen molar-refractivity contribution in [1.82, 2.24) is 10.2 Å². The number of esters is 1. The van der Waals surface area contributed by atoms with Crippen molar-refractivity contribution in [3.8, 4) is 0 Å². The molecule has 1 unspecified atom stereocenters. The maximum atomic E-state index is 11.8. The van der Waals surface area contributed by atoms with E-state index in [4.69, 9.17) is 4.74 Å².